The molecule has 2 amide bonds. The monoisotopic (exact) mass is 510 g/mol. The van der Waals surface area contributed by atoms with Gasteiger partial charge in [0, 0.05) is 30.6 Å². The molecule has 0 radical (unpaired) electrons. The van der Waals surface area contributed by atoms with E-state index >= 15 is 0 Å². The normalized spacial score (nSPS) is 17.4. The Balaban J connectivity index is 1.61. The van der Waals surface area contributed by atoms with E-state index in [1.54, 1.807) is 60.4 Å². The summed E-state index contributed by atoms with van der Waals surface area (Å²) >= 11 is 6.22. The molecule has 36 heavy (non-hydrogen) atoms. The van der Waals surface area contributed by atoms with E-state index in [1.807, 2.05) is 6.07 Å². The van der Waals surface area contributed by atoms with E-state index in [9.17, 15) is 14.0 Å². The lowest BCUT2D eigenvalue weighted by Gasteiger charge is -2.39. The van der Waals surface area contributed by atoms with Crippen molar-refractivity contribution < 1.29 is 23.5 Å². The fourth-order valence-corrected chi connectivity index (χ4v) is 4.75. The van der Waals surface area contributed by atoms with E-state index in [0.29, 0.717) is 58.3 Å². The maximum Gasteiger partial charge on any atom is 0.254 e. The van der Waals surface area contributed by atoms with Crippen LogP contribution in [0.15, 0.2) is 60.7 Å². The van der Waals surface area contributed by atoms with Gasteiger partial charge in [0.2, 0.25) is 0 Å². The van der Waals surface area contributed by atoms with Crippen molar-refractivity contribution >= 4 is 23.4 Å². The molecule has 3 aromatic rings. The van der Waals surface area contributed by atoms with Gasteiger partial charge < -0.3 is 19.7 Å². The largest absolute Gasteiger partial charge is 0.493 e. The van der Waals surface area contributed by atoms with Gasteiger partial charge in [0.05, 0.1) is 24.8 Å². The first-order valence-electron chi connectivity index (χ1n) is 11.6. The number of carbonyl (C=O) groups excluding carboxylic acids is 2. The molecule has 2 atom stereocenters. The van der Waals surface area contributed by atoms with Crippen LogP contribution in [0.1, 0.15) is 44.2 Å². The number of rotatable bonds is 6. The van der Waals surface area contributed by atoms with Crippen LogP contribution in [0.4, 0.5) is 4.39 Å². The number of amides is 2. The fraction of sp³-hybridized carbons (Fsp3) is 0.286. The van der Waals surface area contributed by atoms with Crippen molar-refractivity contribution in [3.8, 4) is 11.5 Å². The lowest BCUT2D eigenvalue weighted by Crippen LogP contribution is -2.51. The number of likely N-dealkylation sites (tertiary alicyclic amines) is 1. The standard InChI is InChI=1S/C28H28ClFN2O4/c1-17-8-9-18(14-23(17)30)21-16-32(28(34)19-10-11-25(35-2)26(15-19)36-3)13-12-24(21)31-27(33)20-6-4-5-7-22(20)29/h4-11,14-15,21,24H,12-13,16H2,1-3H3,(H,31,33). The Bertz CT molecular complexity index is 1280. The average molecular weight is 511 g/mol. The van der Waals surface area contributed by atoms with Gasteiger partial charge in [0.25, 0.3) is 11.8 Å². The van der Waals surface area contributed by atoms with Crippen LogP contribution in [0.25, 0.3) is 0 Å². The fourth-order valence-electron chi connectivity index (χ4n) is 4.53. The van der Waals surface area contributed by atoms with Crippen LogP contribution in [0.3, 0.4) is 0 Å². The number of carbonyl (C=O) groups is 2. The smallest absolute Gasteiger partial charge is 0.254 e. The third-order valence-corrected chi connectivity index (χ3v) is 6.92. The minimum Gasteiger partial charge on any atom is -0.493 e. The summed E-state index contributed by atoms with van der Waals surface area (Å²) in [5.41, 5.74) is 2.08. The van der Waals surface area contributed by atoms with Gasteiger partial charge in [-0.1, -0.05) is 35.9 Å². The van der Waals surface area contributed by atoms with Crippen molar-refractivity contribution in [2.45, 2.75) is 25.3 Å². The zero-order valence-corrected chi connectivity index (χ0v) is 21.1. The van der Waals surface area contributed by atoms with Gasteiger partial charge in [0.1, 0.15) is 5.82 Å². The van der Waals surface area contributed by atoms with Crippen molar-refractivity contribution in [3.05, 3.63) is 93.8 Å². The Hall–Kier alpha value is -3.58. The lowest BCUT2D eigenvalue weighted by molar-refractivity contribution is 0.0671. The van der Waals surface area contributed by atoms with Gasteiger partial charge in [0.15, 0.2) is 11.5 Å². The van der Waals surface area contributed by atoms with Crippen LogP contribution in [0.5, 0.6) is 11.5 Å². The molecule has 3 aromatic carbocycles. The number of benzene rings is 3. The van der Waals surface area contributed by atoms with Gasteiger partial charge >= 0.3 is 0 Å². The molecule has 0 saturated carbocycles. The predicted molar refractivity (Wildman–Crippen MR) is 137 cm³/mol. The molecule has 1 heterocycles. The summed E-state index contributed by atoms with van der Waals surface area (Å²) < 4.78 is 25.1. The molecule has 188 valence electrons. The van der Waals surface area contributed by atoms with Crippen molar-refractivity contribution in [1.82, 2.24) is 10.2 Å². The Morgan fingerprint density at radius 2 is 1.78 bits per heavy atom. The Labute approximate surface area is 215 Å². The molecule has 4 rings (SSSR count). The Kier molecular flexibility index (Phi) is 7.79. The van der Waals surface area contributed by atoms with Crippen LogP contribution in [0.2, 0.25) is 5.02 Å². The second-order valence-corrected chi connectivity index (χ2v) is 9.19. The summed E-state index contributed by atoms with van der Waals surface area (Å²) in [6, 6.07) is 16.6. The molecule has 0 spiro atoms. The molecular formula is C28H28ClFN2O4. The summed E-state index contributed by atoms with van der Waals surface area (Å²) in [6.07, 6.45) is 0.495. The molecule has 8 heteroatoms. The number of methoxy groups -OCH3 is 2. The van der Waals surface area contributed by atoms with Crippen molar-refractivity contribution in [3.63, 3.8) is 0 Å². The Morgan fingerprint density at radius 1 is 1.03 bits per heavy atom. The number of nitrogens with zero attached hydrogens (tertiary/aromatic N) is 1. The Morgan fingerprint density at radius 3 is 2.47 bits per heavy atom. The van der Waals surface area contributed by atoms with Crippen LogP contribution >= 0.6 is 11.6 Å². The van der Waals surface area contributed by atoms with E-state index in [-0.39, 0.29) is 29.6 Å². The van der Waals surface area contributed by atoms with E-state index in [4.69, 9.17) is 21.1 Å². The molecule has 1 aliphatic rings. The minimum absolute atomic E-state index is 0.176. The number of ether oxygens (including phenoxy) is 2. The average Bonchev–Trinajstić information content (AvgIpc) is 2.89. The van der Waals surface area contributed by atoms with Crippen LogP contribution in [-0.2, 0) is 0 Å². The SMILES string of the molecule is COc1ccc(C(=O)N2CCC(NC(=O)c3ccccc3Cl)C(c3ccc(C)c(F)c3)C2)cc1OC. The van der Waals surface area contributed by atoms with Gasteiger partial charge in [-0.2, -0.15) is 0 Å². The van der Waals surface area contributed by atoms with Crippen molar-refractivity contribution in [2.75, 3.05) is 27.3 Å². The van der Waals surface area contributed by atoms with Crippen LogP contribution in [0, 0.1) is 12.7 Å². The van der Waals surface area contributed by atoms with E-state index < -0.39 is 0 Å². The molecule has 1 N–H and O–H groups in total. The summed E-state index contributed by atoms with van der Waals surface area (Å²) in [5, 5.41) is 3.43. The maximum atomic E-state index is 14.5. The molecule has 0 bridgehead atoms. The van der Waals surface area contributed by atoms with Crippen molar-refractivity contribution in [1.29, 1.82) is 0 Å². The molecule has 0 aliphatic carbocycles. The van der Waals surface area contributed by atoms with Gasteiger partial charge in [-0.25, -0.2) is 4.39 Å². The van der Waals surface area contributed by atoms with Crippen molar-refractivity contribution in [2.24, 2.45) is 0 Å². The number of hydrogen-bond donors (Lipinski definition) is 1. The van der Waals surface area contributed by atoms with E-state index in [2.05, 4.69) is 5.32 Å². The van der Waals surface area contributed by atoms with Crippen LogP contribution < -0.4 is 14.8 Å². The first-order valence-corrected chi connectivity index (χ1v) is 12.0. The number of aryl methyl sites for hydroxylation is 1. The molecule has 0 aromatic heterocycles. The third kappa shape index (κ3) is 5.31. The molecule has 6 nitrogen and oxygen atoms in total. The molecule has 1 fully saturated rings. The number of halogens is 2. The van der Waals surface area contributed by atoms with Gasteiger partial charge in [-0.05, 0) is 60.9 Å². The molecule has 1 saturated heterocycles. The first-order chi connectivity index (χ1) is 17.3. The summed E-state index contributed by atoms with van der Waals surface area (Å²) in [6.45, 7) is 2.43. The highest BCUT2D eigenvalue weighted by molar-refractivity contribution is 6.33. The molecule has 1 aliphatic heterocycles. The summed E-state index contributed by atoms with van der Waals surface area (Å²) in [7, 11) is 3.05. The topological polar surface area (TPSA) is 67.9 Å². The highest BCUT2D eigenvalue weighted by Gasteiger charge is 2.34. The zero-order valence-electron chi connectivity index (χ0n) is 20.4. The number of piperidine rings is 1. The van der Waals surface area contributed by atoms with E-state index in [0.717, 1.165) is 0 Å². The highest BCUT2D eigenvalue weighted by atomic mass is 35.5. The predicted octanol–water partition coefficient (Wildman–Crippen LogP) is 5.23. The maximum absolute atomic E-state index is 14.5. The number of hydrogen-bond acceptors (Lipinski definition) is 4. The summed E-state index contributed by atoms with van der Waals surface area (Å²) in [4.78, 5) is 28.2. The van der Waals surface area contributed by atoms with Gasteiger partial charge in [-0.3, -0.25) is 9.59 Å². The number of nitrogens with one attached hydrogen (secondary N) is 1. The molecule has 2 unspecified atom stereocenters. The van der Waals surface area contributed by atoms with Crippen LogP contribution in [-0.4, -0.2) is 50.1 Å². The minimum atomic E-state index is -0.327. The molecular weight excluding hydrogens is 483 g/mol. The summed E-state index contributed by atoms with van der Waals surface area (Å²) in [5.74, 6) is -0.130. The first kappa shape index (κ1) is 25.5. The quantitative estimate of drug-likeness (QED) is 0.493. The zero-order chi connectivity index (χ0) is 25.8. The lowest BCUT2D eigenvalue weighted by atomic mass is 9.85. The second kappa shape index (κ2) is 11.0. The van der Waals surface area contributed by atoms with E-state index in [1.165, 1.54) is 20.3 Å². The second-order valence-electron chi connectivity index (χ2n) is 8.78. The third-order valence-electron chi connectivity index (χ3n) is 6.59. The van der Waals surface area contributed by atoms with Gasteiger partial charge in [-0.15, -0.1) is 0 Å². The highest BCUT2D eigenvalue weighted by Crippen LogP contribution is 2.32.